The van der Waals surface area contributed by atoms with Gasteiger partial charge in [-0.15, -0.1) is 0 Å². The van der Waals surface area contributed by atoms with E-state index < -0.39 is 18.8 Å². The van der Waals surface area contributed by atoms with Gasteiger partial charge >= 0.3 is 12.6 Å². The zero-order valence-electron chi connectivity index (χ0n) is 5.85. The van der Waals surface area contributed by atoms with Crippen molar-refractivity contribution in [1.29, 1.82) is 0 Å². The van der Waals surface area contributed by atoms with Gasteiger partial charge < -0.3 is 0 Å². The van der Waals surface area contributed by atoms with Crippen molar-refractivity contribution in [2.45, 2.75) is 25.7 Å². The standard InChI is InChI=1S/C4H6F6N2/c1-2(11-3(5,6)7)12-4(8,9)10/h2,11-12H,1H3. The topological polar surface area (TPSA) is 24.1 Å². The number of nitrogens with one attached hydrogen (secondary N) is 2. The van der Waals surface area contributed by atoms with Crippen molar-refractivity contribution < 1.29 is 26.3 Å². The van der Waals surface area contributed by atoms with Crippen LogP contribution < -0.4 is 10.6 Å². The lowest BCUT2D eigenvalue weighted by molar-refractivity contribution is -0.194. The monoisotopic (exact) mass is 196 g/mol. The zero-order valence-corrected chi connectivity index (χ0v) is 5.85. The van der Waals surface area contributed by atoms with Gasteiger partial charge in [0.1, 0.15) is 0 Å². The van der Waals surface area contributed by atoms with Crippen LogP contribution in [0.1, 0.15) is 6.92 Å². The maximum Gasteiger partial charge on any atom is 0.458 e. The van der Waals surface area contributed by atoms with Crippen molar-refractivity contribution in [2.75, 3.05) is 0 Å². The minimum atomic E-state index is -4.82. The molecular formula is C4H6F6N2. The first kappa shape index (κ1) is 11.5. The Kier molecular flexibility index (Phi) is 3.34. The molecule has 0 amide bonds. The molecule has 8 heteroatoms. The molecule has 0 aromatic rings. The molecule has 0 bridgehead atoms. The number of rotatable bonds is 2. The third-order valence-corrected chi connectivity index (χ3v) is 0.760. The van der Waals surface area contributed by atoms with Crippen LogP contribution >= 0.6 is 0 Å². The maximum atomic E-state index is 11.4. The minimum absolute atomic E-state index is 0.709. The summed E-state index contributed by atoms with van der Waals surface area (Å²) < 4.78 is 68.2. The van der Waals surface area contributed by atoms with Crippen LogP contribution in [-0.4, -0.2) is 18.8 Å². The Hall–Kier alpha value is -0.500. The molecular weight excluding hydrogens is 190 g/mol. The lowest BCUT2D eigenvalue weighted by atomic mass is 10.5. The second-order valence-corrected chi connectivity index (χ2v) is 2.01. The molecule has 0 rings (SSSR count). The molecule has 0 aliphatic carbocycles. The molecule has 0 unspecified atom stereocenters. The van der Waals surface area contributed by atoms with E-state index in [1.807, 2.05) is 0 Å². The van der Waals surface area contributed by atoms with Crippen molar-refractivity contribution in [2.24, 2.45) is 0 Å². The number of alkyl halides is 6. The van der Waals surface area contributed by atoms with Gasteiger partial charge in [-0.2, -0.15) is 26.3 Å². The maximum absolute atomic E-state index is 11.4. The molecule has 0 heterocycles. The van der Waals surface area contributed by atoms with E-state index in [1.165, 1.54) is 0 Å². The Labute approximate surface area is 63.9 Å². The van der Waals surface area contributed by atoms with E-state index in [4.69, 9.17) is 0 Å². The van der Waals surface area contributed by atoms with Crippen LogP contribution in [0.2, 0.25) is 0 Å². The minimum Gasteiger partial charge on any atom is -0.212 e. The smallest absolute Gasteiger partial charge is 0.212 e. The first-order chi connectivity index (χ1) is 5.10. The highest BCUT2D eigenvalue weighted by Crippen LogP contribution is 2.13. The summed E-state index contributed by atoms with van der Waals surface area (Å²) >= 11 is 0. The lowest BCUT2D eigenvalue weighted by Crippen LogP contribution is -2.52. The summed E-state index contributed by atoms with van der Waals surface area (Å²) in [5, 5.41) is 1.49. The molecule has 0 spiro atoms. The van der Waals surface area contributed by atoms with E-state index in [-0.39, 0.29) is 0 Å². The third-order valence-electron chi connectivity index (χ3n) is 0.760. The molecule has 0 radical (unpaired) electrons. The summed E-state index contributed by atoms with van der Waals surface area (Å²) in [6.45, 7) is 0.709. The molecule has 0 atom stereocenters. The lowest BCUT2D eigenvalue weighted by Gasteiger charge is -2.18. The van der Waals surface area contributed by atoms with Gasteiger partial charge in [-0.25, -0.2) is 10.6 Å². The van der Waals surface area contributed by atoms with Gasteiger partial charge in [0.25, 0.3) is 0 Å². The average Bonchev–Trinajstić information content (AvgIpc) is 1.49. The van der Waals surface area contributed by atoms with Crippen LogP contribution in [-0.2, 0) is 0 Å². The molecule has 2 N–H and O–H groups in total. The fraction of sp³-hybridized carbons (Fsp3) is 1.00. The van der Waals surface area contributed by atoms with Crippen LogP contribution in [0.5, 0.6) is 0 Å². The Morgan fingerprint density at radius 1 is 0.833 bits per heavy atom. The van der Waals surface area contributed by atoms with Crippen LogP contribution in [0.15, 0.2) is 0 Å². The number of hydrogen-bond donors (Lipinski definition) is 2. The summed E-state index contributed by atoms with van der Waals surface area (Å²) in [4.78, 5) is 0. The molecule has 0 aromatic heterocycles. The van der Waals surface area contributed by atoms with Gasteiger partial charge in [0.2, 0.25) is 0 Å². The van der Waals surface area contributed by atoms with Crippen molar-refractivity contribution in [3.05, 3.63) is 0 Å². The Balaban J connectivity index is 3.83. The molecule has 0 aliphatic heterocycles. The zero-order chi connectivity index (χ0) is 9.99. The van der Waals surface area contributed by atoms with E-state index in [9.17, 15) is 26.3 Å². The highest BCUT2D eigenvalue weighted by Gasteiger charge is 2.35. The van der Waals surface area contributed by atoms with Gasteiger partial charge in [-0.05, 0) is 6.92 Å². The van der Waals surface area contributed by atoms with E-state index in [2.05, 4.69) is 0 Å². The van der Waals surface area contributed by atoms with Crippen molar-refractivity contribution in [3.63, 3.8) is 0 Å². The summed E-state index contributed by atoms with van der Waals surface area (Å²) in [6.07, 6.45) is -11.5. The van der Waals surface area contributed by atoms with Crippen LogP contribution in [0.4, 0.5) is 26.3 Å². The van der Waals surface area contributed by atoms with E-state index in [0.29, 0.717) is 6.92 Å². The van der Waals surface area contributed by atoms with Gasteiger partial charge in [0.15, 0.2) is 0 Å². The van der Waals surface area contributed by atoms with Crippen LogP contribution in [0.25, 0.3) is 0 Å². The predicted molar refractivity (Wildman–Crippen MR) is 27.8 cm³/mol. The molecule has 0 fully saturated rings. The quantitative estimate of drug-likeness (QED) is 0.397. The fourth-order valence-corrected chi connectivity index (χ4v) is 0.527. The highest BCUT2D eigenvalue weighted by molar-refractivity contribution is 4.61. The van der Waals surface area contributed by atoms with Gasteiger partial charge in [0.05, 0.1) is 6.17 Å². The SMILES string of the molecule is CC(NC(F)(F)F)NC(F)(F)F. The summed E-state index contributed by atoms with van der Waals surface area (Å²) in [7, 11) is 0. The Bertz CT molecular complexity index is 121. The summed E-state index contributed by atoms with van der Waals surface area (Å²) in [6, 6.07) is 0. The first-order valence-corrected chi connectivity index (χ1v) is 2.79. The second-order valence-electron chi connectivity index (χ2n) is 2.01. The Morgan fingerprint density at radius 2 is 1.08 bits per heavy atom. The summed E-state index contributed by atoms with van der Waals surface area (Å²) in [5.74, 6) is 0. The number of halogens is 6. The molecule has 0 aromatic carbocycles. The number of hydrogen-bond acceptors (Lipinski definition) is 2. The Morgan fingerprint density at radius 3 is 1.25 bits per heavy atom. The molecule has 74 valence electrons. The van der Waals surface area contributed by atoms with Crippen molar-refractivity contribution in [1.82, 2.24) is 10.6 Å². The van der Waals surface area contributed by atoms with Crippen molar-refractivity contribution >= 4 is 0 Å². The highest BCUT2D eigenvalue weighted by atomic mass is 19.4. The van der Waals surface area contributed by atoms with Gasteiger partial charge in [-0.3, -0.25) is 0 Å². The average molecular weight is 196 g/mol. The molecule has 0 saturated heterocycles. The normalized spacial score (nSPS) is 14.0. The molecule has 2 nitrogen and oxygen atoms in total. The van der Waals surface area contributed by atoms with Gasteiger partial charge in [-0.1, -0.05) is 0 Å². The molecule has 0 saturated carbocycles. The van der Waals surface area contributed by atoms with E-state index in [1.54, 1.807) is 0 Å². The van der Waals surface area contributed by atoms with E-state index >= 15 is 0 Å². The molecule has 12 heavy (non-hydrogen) atoms. The molecule has 0 aliphatic rings. The predicted octanol–water partition coefficient (Wildman–Crippen LogP) is 1.55. The van der Waals surface area contributed by atoms with Crippen LogP contribution in [0, 0.1) is 0 Å². The largest absolute Gasteiger partial charge is 0.458 e. The fourth-order valence-electron chi connectivity index (χ4n) is 0.527. The third kappa shape index (κ3) is 7.61. The van der Waals surface area contributed by atoms with E-state index in [0.717, 1.165) is 10.6 Å². The second kappa shape index (κ2) is 3.48. The van der Waals surface area contributed by atoms with Gasteiger partial charge in [0, 0.05) is 0 Å². The van der Waals surface area contributed by atoms with Crippen molar-refractivity contribution in [3.8, 4) is 0 Å². The van der Waals surface area contributed by atoms with Crippen LogP contribution in [0.3, 0.4) is 0 Å². The summed E-state index contributed by atoms with van der Waals surface area (Å²) in [5.41, 5.74) is 0. The first-order valence-electron chi connectivity index (χ1n) is 2.79.